The highest BCUT2D eigenvalue weighted by molar-refractivity contribution is 5.77. The molecule has 0 saturated carbocycles. The van der Waals surface area contributed by atoms with Gasteiger partial charge in [0.25, 0.3) is 0 Å². The summed E-state index contributed by atoms with van der Waals surface area (Å²) in [5.74, 6) is -0.131. The molecule has 0 radical (unpaired) electrons. The Hall–Kier alpha value is -0.650. The van der Waals surface area contributed by atoms with Gasteiger partial charge in [0.1, 0.15) is 6.61 Å². The van der Waals surface area contributed by atoms with Gasteiger partial charge < -0.3 is 10.1 Å². The van der Waals surface area contributed by atoms with Crippen LogP contribution in [0.2, 0.25) is 0 Å². The van der Waals surface area contributed by atoms with E-state index in [0.29, 0.717) is 19.8 Å². The van der Waals surface area contributed by atoms with E-state index in [0.717, 1.165) is 6.42 Å². The first-order chi connectivity index (χ1) is 6.31. The predicted molar refractivity (Wildman–Crippen MR) is 47.1 cm³/mol. The first-order valence-electron chi connectivity index (χ1n) is 4.31. The van der Waals surface area contributed by atoms with Crippen molar-refractivity contribution in [2.75, 3.05) is 33.5 Å². The Balaban J connectivity index is 3.11. The van der Waals surface area contributed by atoms with Crippen molar-refractivity contribution in [3.63, 3.8) is 0 Å². The summed E-state index contributed by atoms with van der Waals surface area (Å²) < 4.78 is 5.02. The van der Waals surface area contributed by atoms with Gasteiger partial charge in [0.2, 0.25) is 5.91 Å². The smallest absolute Gasteiger partial charge is 0.246 e. The molecule has 0 fully saturated rings. The van der Waals surface area contributed by atoms with Crippen LogP contribution in [0.5, 0.6) is 0 Å². The number of hydrogen-bond donors (Lipinski definition) is 1. The van der Waals surface area contributed by atoms with E-state index in [2.05, 4.69) is 15.1 Å². The van der Waals surface area contributed by atoms with E-state index >= 15 is 0 Å². The molecule has 0 aliphatic rings. The monoisotopic (exact) mass is 191 g/mol. The Morgan fingerprint density at radius 2 is 2.15 bits per heavy atom. The van der Waals surface area contributed by atoms with Gasteiger partial charge in [0, 0.05) is 13.2 Å². The SMILES string of the molecule is CCCOCC(=O)NCCOOC. The van der Waals surface area contributed by atoms with Crippen LogP contribution in [0, 0.1) is 0 Å². The van der Waals surface area contributed by atoms with E-state index in [1.807, 2.05) is 6.92 Å². The van der Waals surface area contributed by atoms with Gasteiger partial charge in [-0.2, -0.15) is 0 Å². The van der Waals surface area contributed by atoms with Crippen LogP contribution in [-0.2, 0) is 19.3 Å². The zero-order chi connectivity index (χ0) is 9.94. The molecule has 5 heteroatoms. The number of amides is 1. The highest BCUT2D eigenvalue weighted by atomic mass is 17.2. The maximum Gasteiger partial charge on any atom is 0.246 e. The first-order valence-corrected chi connectivity index (χ1v) is 4.31. The molecule has 0 saturated heterocycles. The molecule has 0 unspecified atom stereocenters. The molecule has 0 aliphatic carbocycles. The van der Waals surface area contributed by atoms with Crippen LogP contribution >= 0.6 is 0 Å². The summed E-state index contributed by atoms with van der Waals surface area (Å²) in [6.07, 6.45) is 0.917. The second kappa shape index (κ2) is 9.44. The van der Waals surface area contributed by atoms with E-state index in [1.165, 1.54) is 7.11 Å². The fourth-order valence-corrected chi connectivity index (χ4v) is 0.676. The molecule has 0 atom stereocenters. The lowest BCUT2D eigenvalue weighted by Crippen LogP contribution is -2.30. The van der Waals surface area contributed by atoms with E-state index in [1.54, 1.807) is 0 Å². The minimum atomic E-state index is -0.131. The van der Waals surface area contributed by atoms with Crippen molar-refractivity contribution in [1.29, 1.82) is 0 Å². The summed E-state index contributed by atoms with van der Waals surface area (Å²) in [5.41, 5.74) is 0. The van der Waals surface area contributed by atoms with Gasteiger partial charge in [-0.1, -0.05) is 6.92 Å². The fourth-order valence-electron chi connectivity index (χ4n) is 0.676. The summed E-state index contributed by atoms with van der Waals surface area (Å²) in [4.78, 5) is 19.8. The molecule has 1 amide bonds. The van der Waals surface area contributed by atoms with E-state index in [4.69, 9.17) is 4.74 Å². The van der Waals surface area contributed by atoms with E-state index in [-0.39, 0.29) is 12.5 Å². The fraction of sp³-hybridized carbons (Fsp3) is 0.875. The lowest BCUT2D eigenvalue weighted by Gasteiger charge is -2.04. The maximum atomic E-state index is 10.9. The third kappa shape index (κ3) is 9.26. The number of hydrogen-bond acceptors (Lipinski definition) is 4. The average molecular weight is 191 g/mol. The molecular formula is C8H17NO4. The van der Waals surface area contributed by atoms with Gasteiger partial charge in [0.15, 0.2) is 0 Å². The molecule has 0 aromatic heterocycles. The summed E-state index contributed by atoms with van der Waals surface area (Å²) in [7, 11) is 1.42. The molecule has 0 heterocycles. The third-order valence-electron chi connectivity index (χ3n) is 1.21. The standard InChI is InChI=1S/C8H17NO4/c1-3-5-12-7-8(10)9-4-6-13-11-2/h3-7H2,1-2H3,(H,9,10). The van der Waals surface area contributed by atoms with Gasteiger partial charge in [0.05, 0.1) is 13.7 Å². The average Bonchev–Trinajstić information content (AvgIpc) is 2.13. The number of carbonyl (C=O) groups excluding carboxylic acids is 1. The highest BCUT2D eigenvalue weighted by Crippen LogP contribution is 1.79. The maximum absolute atomic E-state index is 10.9. The number of ether oxygens (including phenoxy) is 1. The van der Waals surface area contributed by atoms with Crippen LogP contribution in [0.3, 0.4) is 0 Å². The first kappa shape index (κ1) is 12.3. The molecule has 0 bridgehead atoms. The van der Waals surface area contributed by atoms with Gasteiger partial charge in [-0.15, -0.1) is 0 Å². The van der Waals surface area contributed by atoms with Gasteiger partial charge in [-0.05, 0) is 6.42 Å². The van der Waals surface area contributed by atoms with Gasteiger partial charge in [-0.3, -0.25) is 4.79 Å². The highest BCUT2D eigenvalue weighted by Gasteiger charge is 1.99. The lowest BCUT2D eigenvalue weighted by atomic mass is 10.5. The number of nitrogens with one attached hydrogen (secondary N) is 1. The third-order valence-corrected chi connectivity index (χ3v) is 1.21. The minimum Gasteiger partial charge on any atom is -0.372 e. The van der Waals surface area contributed by atoms with Crippen molar-refractivity contribution in [3.8, 4) is 0 Å². The molecule has 78 valence electrons. The van der Waals surface area contributed by atoms with Gasteiger partial charge >= 0.3 is 0 Å². The lowest BCUT2D eigenvalue weighted by molar-refractivity contribution is -0.270. The second-order valence-corrected chi connectivity index (χ2v) is 2.39. The van der Waals surface area contributed by atoms with Crippen LogP contribution in [0.4, 0.5) is 0 Å². The van der Waals surface area contributed by atoms with Crippen molar-refractivity contribution in [2.24, 2.45) is 0 Å². The molecule has 5 nitrogen and oxygen atoms in total. The molecule has 0 aromatic rings. The van der Waals surface area contributed by atoms with Crippen LogP contribution < -0.4 is 5.32 Å². The Morgan fingerprint density at radius 3 is 2.77 bits per heavy atom. The van der Waals surface area contributed by atoms with Crippen LogP contribution in [-0.4, -0.2) is 39.4 Å². The number of rotatable bonds is 8. The van der Waals surface area contributed by atoms with Crippen molar-refractivity contribution >= 4 is 5.91 Å². The molecule has 0 spiro atoms. The second-order valence-electron chi connectivity index (χ2n) is 2.39. The van der Waals surface area contributed by atoms with Crippen LogP contribution in [0.25, 0.3) is 0 Å². The molecule has 1 N–H and O–H groups in total. The zero-order valence-electron chi connectivity index (χ0n) is 8.17. The Kier molecular flexibility index (Phi) is 8.97. The predicted octanol–water partition coefficient (Wildman–Crippen LogP) is 0.107. The topological polar surface area (TPSA) is 56.8 Å². The Bertz CT molecular complexity index is 129. The van der Waals surface area contributed by atoms with Crippen molar-refractivity contribution in [1.82, 2.24) is 5.32 Å². The van der Waals surface area contributed by atoms with Crippen molar-refractivity contribution in [3.05, 3.63) is 0 Å². The molecule has 0 rings (SSSR count). The van der Waals surface area contributed by atoms with Crippen molar-refractivity contribution in [2.45, 2.75) is 13.3 Å². The zero-order valence-corrected chi connectivity index (χ0v) is 8.17. The Morgan fingerprint density at radius 1 is 1.38 bits per heavy atom. The van der Waals surface area contributed by atoms with E-state index < -0.39 is 0 Å². The largest absolute Gasteiger partial charge is 0.372 e. The number of carbonyl (C=O) groups is 1. The van der Waals surface area contributed by atoms with Gasteiger partial charge in [-0.25, -0.2) is 9.78 Å². The quantitative estimate of drug-likeness (QED) is 0.336. The summed E-state index contributed by atoms with van der Waals surface area (Å²) in [6, 6.07) is 0. The normalized spacial score (nSPS) is 10.0. The van der Waals surface area contributed by atoms with Crippen molar-refractivity contribution < 1.29 is 19.3 Å². The molecule has 13 heavy (non-hydrogen) atoms. The summed E-state index contributed by atoms with van der Waals surface area (Å²) in [5, 5.41) is 2.61. The minimum absolute atomic E-state index is 0.112. The molecular weight excluding hydrogens is 174 g/mol. The molecule has 0 aromatic carbocycles. The van der Waals surface area contributed by atoms with Crippen LogP contribution in [0.15, 0.2) is 0 Å². The van der Waals surface area contributed by atoms with Crippen LogP contribution in [0.1, 0.15) is 13.3 Å². The van der Waals surface area contributed by atoms with E-state index in [9.17, 15) is 4.79 Å². The Labute approximate surface area is 78.3 Å². The summed E-state index contributed by atoms with van der Waals surface area (Å²) in [6.45, 7) is 3.49. The molecule has 0 aliphatic heterocycles. The summed E-state index contributed by atoms with van der Waals surface area (Å²) >= 11 is 0.